The second kappa shape index (κ2) is 9.33. The van der Waals surface area contributed by atoms with Gasteiger partial charge in [0.25, 0.3) is 5.91 Å². The maximum absolute atomic E-state index is 13.4. The van der Waals surface area contributed by atoms with E-state index in [4.69, 9.17) is 5.73 Å². The second-order valence-corrected chi connectivity index (χ2v) is 7.16. The van der Waals surface area contributed by atoms with Crippen molar-refractivity contribution >= 4 is 23.8 Å². The molecule has 0 radical (unpaired) electrons. The summed E-state index contributed by atoms with van der Waals surface area (Å²) in [4.78, 5) is 61.1. The lowest BCUT2D eigenvalue weighted by molar-refractivity contribution is -0.140. The Morgan fingerprint density at radius 1 is 1.20 bits per heavy atom. The molecular weight excluding hydrogens is 390 g/mol. The van der Waals surface area contributed by atoms with Gasteiger partial charge in [0.05, 0.1) is 12.2 Å². The molecule has 3 atom stereocenters. The van der Waals surface area contributed by atoms with Crippen molar-refractivity contribution in [3.63, 3.8) is 0 Å². The molecule has 5 amide bonds. The van der Waals surface area contributed by atoms with Crippen LogP contribution < -0.4 is 16.4 Å². The van der Waals surface area contributed by atoms with Gasteiger partial charge in [-0.3, -0.25) is 19.4 Å². The van der Waals surface area contributed by atoms with Crippen molar-refractivity contribution < 1.29 is 19.2 Å². The average molecular weight is 415 g/mol. The molecule has 0 aliphatic carbocycles. The van der Waals surface area contributed by atoms with E-state index < -0.39 is 41.9 Å². The molecule has 30 heavy (non-hydrogen) atoms. The minimum atomic E-state index is -0.978. The van der Waals surface area contributed by atoms with Crippen molar-refractivity contribution in [3.8, 4) is 0 Å². The summed E-state index contributed by atoms with van der Waals surface area (Å²) in [5.74, 6) is -1.47. The smallest absolute Gasteiger partial charge is 0.315 e. The largest absolute Gasteiger partial charge is 0.368 e. The van der Waals surface area contributed by atoms with Crippen molar-refractivity contribution in [2.45, 2.75) is 37.4 Å². The van der Waals surface area contributed by atoms with Gasteiger partial charge in [-0.1, -0.05) is 6.08 Å². The average Bonchev–Trinajstić information content (AvgIpc) is 3.39. The van der Waals surface area contributed by atoms with Gasteiger partial charge in [0.15, 0.2) is 0 Å². The third-order valence-electron chi connectivity index (χ3n) is 5.28. The SMILES string of the molecule is C=CCNC(=O)NC1CCN(C(=O)c2cnccn2)C1C(=O)N1CCCC1C(N)=O. The van der Waals surface area contributed by atoms with Crippen LogP contribution in [0, 0.1) is 0 Å². The van der Waals surface area contributed by atoms with Crippen LogP contribution in [-0.2, 0) is 9.59 Å². The normalized spacial score (nSPS) is 23.1. The lowest BCUT2D eigenvalue weighted by atomic mass is 10.1. The molecular formula is C19H25N7O4. The van der Waals surface area contributed by atoms with Gasteiger partial charge in [-0.15, -0.1) is 6.58 Å². The summed E-state index contributed by atoms with van der Waals surface area (Å²) in [5, 5.41) is 5.36. The minimum Gasteiger partial charge on any atom is -0.368 e. The van der Waals surface area contributed by atoms with E-state index in [1.165, 1.54) is 34.5 Å². The Bertz CT molecular complexity index is 831. The number of aromatic nitrogens is 2. The van der Waals surface area contributed by atoms with Crippen LogP contribution in [0.25, 0.3) is 0 Å². The van der Waals surface area contributed by atoms with Crippen LogP contribution in [0.4, 0.5) is 4.79 Å². The molecule has 0 aromatic carbocycles. The second-order valence-electron chi connectivity index (χ2n) is 7.16. The van der Waals surface area contributed by atoms with E-state index in [0.29, 0.717) is 25.8 Å². The number of primary amides is 1. The summed E-state index contributed by atoms with van der Waals surface area (Å²) < 4.78 is 0. The van der Waals surface area contributed by atoms with E-state index >= 15 is 0 Å². The monoisotopic (exact) mass is 415 g/mol. The molecule has 11 nitrogen and oxygen atoms in total. The van der Waals surface area contributed by atoms with Gasteiger partial charge < -0.3 is 26.2 Å². The molecule has 0 spiro atoms. The third kappa shape index (κ3) is 4.39. The predicted molar refractivity (Wildman–Crippen MR) is 106 cm³/mol. The Kier molecular flexibility index (Phi) is 6.60. The summed E-state index contributed by atoms with van der Waals surface area (Å²) in [6.07, 6.45) is 7.18. The summed E-state index contributed by atoms with van der Waals surface area (Å²) in [6, 6.07) is -2.80. The molecule has 160 valence electrons. The van der Waals surface area contributed by atoms with Gasteiger partial charge >= 0.3 is 6.03 Å². The fourth-order valence-electron chi connectivity index (χ4n) is 3.91. The lowest BCUT2D eigenvalue weighted by Gasteiger charge is -2.32. The number of likely N-dealkylation sites (tertiary alicyclic amines) is 2. The first kappa shape index (κ1) is 21.2. The highest BCUT2D eigenvalue weighted by Gasteiger charge is 2.47. The quantitative estimate of drug-likeness (QED) is 0.508. The van der Waals surface area contributed by atoms with E-state index in [2.05, 4.69) is 27.2 Å². The molecule has 2 aliphatic heterocycles. The van der Waals surface area contributed by atoms with Crippen LogP contribution in [0.15, 0.2) is 31.2 Å². The first-order chi connectivity index (χ1) is 14.4. The van der Waals surface area contributed by atoms with Crippen LogP contribution >= 0.6 is 0 Å². The van der Waals surface area contributed by atoms with Crippen LogP contribution in [0.5, 0.6) is 0 Å². The van der Waals surface area contributed by atoms with Gasteiger partial charge in [-0.05, 0) is 19.3 Å². The molecule has 4 N–H and O–H groups in total. The number of carbonyl (C=O) groups is 4. The molecule has 3 unspecified atom stereocenters. The van der Waals surface area contributed by atoms with Crippen molar-refractivity contribution in [1.82, 2.24) is 30.4 Å². The van der Waals surface area contributed by atoms with Gasteiger partial charge in [-0.2, -0.15) is 0 Å². The van der Waals surface area contributed by atoms with Crippen molar-refractivity contribution in [2.24, 2.45) is 5.73 Å². The Labute approximate surface area is 173 Å². The van der Waals surface area contributed by atoms with E-state index in [1.807, 2.05) is 0 Å². The van der Waals surface area contributed by atoms with Gasteiger partial charge in [0.1, 0.15) is 17.8 Å². The predicted octanol–water partition coefficient (Wildman–Crippen LogP) is -0.979. The molecule has 0 bridgehead atoms. The number of hydrogen-bond acceptors (Lipinski definition) is 6. The maximum atomic E-state index is 13.4. The number of urea groups is 1. The zero-order valence-corrected chi connectivity index (χ0v) is 16.5. The highest BCUT2D eigenvalue weighted by Crippen LogP contribution is 2.26. The van der Waals surface area contributed by atoms with E-state index in [0.717, 1.165) is 0 Å². The summed E-state index contributed by atoms with van der Waals surface area (Å²) in [5.41, 5.74) is 5.56. The first-order valence-corrected chi connectivity index (χ1v) is 9.76. The Balaban J connectivity index is 1.86. The van der Waals surface area contributed by atoms with E-state index in [9.17, 15) is 19.2 Å². The molecule has 0 saturated carbocycles. The third-order valence-corrected chi connectivity index (χ3v) is 5.28. The van der Waals surface area contributed by atoms with Gasteiger partial charge in [0.2, 0.25) is 11.8 Å². The molecule has 3 heterocycles. The number of rotatable bonds is 6. The molecule has 3 rings (SSSR count). The number of carbonyl (C=O) groups excluding carboxylic acids is 4. The molecule has 11 heteroatoms. The van der Waals surface area contributed by atoms with Crippen molar-refractivity contribution in [1.29, 1.82) is 0 Å². The lowest BCUT2D eigenvalue weighted by Crippen LogP contribution is -2.58. The zero-order valence-electron chi connectivity index (χ0n) is 16.5. The molecule has 1 aromatic heterocycles. The minimum absolute atomic E-state index is 0.0972. The van der Waals surface area contributed by atoms with Crippen LogP contribution in [0.2, 0.25) is 0 Å². The topological polar surface area (TPSA) is 151 Å². The summed E-state index contributed by atoms with van der Waals surface area (Å²) in [6.45, 7) is 4.41. The molecule has 1 aromatic rings. The number of nitrogens with two attached hydrogens (primary N) is 1. The van der Waals surface area contributed by atoms with Crippen molar-refractivity contribution in [3.05, 3.63) is 36.9 Å². The zero-order chi connectivity index (χ0) is 21.7. The Morgan fingerprint density at radius 2 is 2.00 bits per heavy atom. The highest BCUT2D eigenvalue weighted by atomic mass is 16.2. The summed E-state index contributed by atoms with van der Waals surface area (Å²) >= 11 is 0. The number of hydrogen-bond donors (Lipinski definition) is 3. The van der Waals surface area contributed by atoms with Crippen LogP contribution in [0.3, 0.4) is 0 Å². The molecule has 2 fully saturated rings. The standard InChI is InChI=1S/C19H25N7O4/c1-2-6-23-19(30)24-12-5-10-26(17(28)13-11-21-7-8-22-13)15(12)18(29)25-9-3-4-14(25)16(20)27/h2,7-8,11-12,14-15H,1,3-6,9-10H2,(H2,20,27)(H2,23,24,30). The first-order valence-electron chi connectivity index (χ1n) is 9.76. The van der Waals surface area contributed by atoms with E-state index in [-0.39, 0.29) is 18.8 Å². The van der Waals surface area contributed by atoms with E-state index in [1.54, 1.807) is 0 Å². The Morgan fingerprint density at radius 3 is 2.67 bits per heavy atom. The fourth-order valence-corrected chi connectivity index (χ4v) is 3.91. The number of nitrogens with one attached hydrogen (secondary N) is 2. The molecule has 2 saturated heterocycles. The fraction of sp³-hybridized carbons (Fsp3) is 0.474. The van der Waals surface area contributed by atoms with Crippen LogP contribution in [0.1, 0.15) is 29.8 Å². The van der Waals surface area contributed by atoms with Crippen LogP contribution in [-0.4, -0.2) is 81.3 Å². The number of amides is 5. The van der Waals surface area contributed by atoms with Gasteiger partial charge in [-0.25, -0.2) is 9.78 Å². The molecule has 2 aliphatic rings. The summed E-state index contributed by atoms with van der Waals surface area (Å²) in [7, 11) is 0. The maximum Gasteiger partial charge on any atom is 0.315 e. The Hall–Kier alpha value is -3.50. The highest BCUT2D eigenvalue weighted by molar-refractivity contribution is 5.98. The van der Waals surface area contributed by atoms with Crippen molar-refractivity contribution in [2.75, 3.05) is 19.6 Å². The van der Waals surface area contributed by atoms with Gasteiger partial charge in [0, 0.05) is 32.0 Å². The number of nitrogens with zero attached hydrogens (tertiary/aromatic N) is 4.